The summed E-state index contributed by atoms with van der Waals surface area (Å²) in [5.74, 6) is 0.375. The molecular weight excluding hydrogens is 256 g/mol. The molecule has 2 rings (SSSR count). The van der Waals surface area contributed by atoms with E-state index in [2.05, 4.69) is 79.6 Å². The minimum atomic E-state index is 0.375. The minimum Gasteiger partial charge on any atom is -0.380 e. The molecule has 1 unspecified atom stereocenters. The van der Waals surface area contributed by atoms with E-state index in [-0.39, 0.29) is 0 Å². The van der Waals surface area contributed by atoms with Gasteiger partial charge in [-0.15, -0.1) is 0 Å². The van der Waals surface area contributed by atoms with Crippen molar-refractivity contribution in [3.63, 3.8) is 0 Å². The summed E-state index contributed by atoms with van der Waals surface area (Å²) in [4.78, 5) is 6.72. The normalized spacial score (nSPS) is 17.5. The highest BCUT2D eigenvalue weighted by molar-refractivity contribution is 5.63. The third kappa shape index (κ3) is 4.07. The largest absolute Gasteiger partial charge is 0.380 e. The maximum atomic E-state index is 4.51. The molecule has 2 heteroatoms. The van der Waals surface area contributed by atoms with Gasteiger partial charge >= 0.3 is 0 Å². The topological polar surface area (TPSA) is 15.6 Å². The van der Waals surface area contributed by atoms with E-state index >= 15 is 0 Å². The lowest BCUT2D eigenvalue weighted by atomic mass is 9.91. The van der Waals surface area contributed by atoms with Crippen LogP contribution in [0.5, 0.6) is 0 Å². The van der Waals surface area contributed by atoms with Crippen molar-refractivity contribution in [3.8, 4) is 0 Å². The van der Waals surface area contributed by atoms with Gasteiger partial charge in [-0.05, 0) is 23.6 Å². The Balaban J connectivity index is 2.12. The molecule has 1 aliphatic rings. The average molecular weight is 282 g/mol. The van der Waals surface area contributed by atoms with E-state index in [1.54, 1.807) is 0 Å². The van der Waals surface area contributed by atoms with Gasteiger partial charge in [-0.1, -0.05) is 49.8 Å². The lowest BCUT2D eigenvalue weighted by molar-refractivity contribution is 0.487. The van der Waals surface area contributed by atoms with E-state index in [0.29, 0.717) is 5.92 Å². The molecule has 112 valence electrons. The molecule has 1 aromatic carbocycles. The van der Waals surface area contributed by atoms with E-state index in [0.717, 1.165) is 13.0 Å². The predicted octanol–water partition coefficient (Wildman–Crippen LogP) is 4.20. The van der Waals surface area contributed by atoms with Crippen molar-refractivity contribution in [1.82, 2.24) is 4.90 Å². The summed E-state index contributed by atoms with van der Waals surface area (Å²) in [6.07, 6.45) is 12.0. The summed E-state index contributed by atoms with van der Waals surface area (Å²) in [6.45, 7) is 3.15. The van der Waals surface area contributed by atoms with Crippen molar-refractivity contribution >= 4 is 6.21 Å². The number of hydrogen-bond donors (Lipinski definition) is 0. The van der Waals surface area contributed by atoms with Crippen molar-refractivity contribution < 1.29 is 0 Å². The van der Waals surface area contributed by atoms with E-state index in [9.17, 15) is 0 Å². The van der Waals surface area contributed by atoms with Gasteiger partial charge in [-0.25, -0.2) is 0 Å². The van der Waals surface area contributed by atoms with Crippen LogP contribution in [0.15, 0.2) is 53.2 Å². The third-order valence-electron chi connectivity index (χ3n) is 3.88. The molecule has 2 nitrogen and oxygen atoms in total. The Morgan fingerprint density at radius 3 is 2.81 bits per heavy atom. The molecule has 0 fully saturated rings. The van der Waals surface area contributed by atoms with E-state index in [4.69, 9.17) is 0 Å². The molecule has 0 saturated heterocycles. The second-order valence-corrected chi connectivity index (χ2v) is 5.69. The first kappa shape index (κ1) is 15.6. The molecule has 0 spiro atoms. The molecular formula is C19H26N2. The van der Waals surface area contributed by atoms with Crippen molar-refractivity contribution in [2.24, 2.45) is 4.99 Å². The van der Waals surface area contributed by atoms with Crippen LogP contribution in [-0.2, 0) is 6.42 Å². The monoisotopic (exact) mass is 282 g/mol. The number of likely N-dealkylation sites (N-methyl/N-ethyl adjacent to an activating group) is 1. The zero-order chi connectivity index (χ0) is 15.1. The molecule has 0 saturated carbocycles. The van der Waals surface area contributed by atoms with Crippen molar-refractivity contribution in [3.05, 3.63) is 59.3 Å². The van der Waals surface area contributed by atoms with Crippen LogP contribution in [0.25, 0.3) is 0 Å². The van der Waals surface area contributed by atoms with Gasteiger partial charge in [-0.3, -0.25) is 4.99 Å². The minimum absolute atomic E-state index is 0.375. The number of aliphatic imine (C=N–C) groups is 1. The average Bonchev–Trinajstić information content (AvgIpc) is 2.97. The van der Waals surface area contributed by atoms with Crippen LogP contribution in [0.2, 0.25) is 0 Å². The fraction of sp³-hybridized carbons (Fsp3) is 0.421. The summed E-state index contributed by atoms with van der Waals surface area (Å²) in [5.41, 5.74) is 4.13. The molecule has 0 aromatic heterocycles. The number of nitrogens with zero attached hydrogens (tertiary/aromatic N) is 2. The Morgan fingerprint density at radius 2 is 2.05 bits per heavy atom. The quantitative estimate of drug-likeness (QED) is 0.540. The molecule has 21 heavy (non-hydrogen) atoms. The predicted molar refractivity (Wildman–Crippen MR) is 92.1 cm³/mol. The van der Waals surface area contributed by atoms with Gasteiger partial charge in [0.2, 0.25) is 0 Å². The lowest BCUT2D eigenvalue weighted by Crippen LogP contribution is -2.16. The number of unbranched alkanes of at least 4 members (excludes halogenated alkanes) is 1. The summed E-state index contributed by atoms with van der Waals surface area (Å²) in [7, 11) is 4.22. The zero-order valence-electron chi connectivity index (χ0n) is 13.4. The van der Waals surface area contributed by atoms with Gasteiger partial charge in [-0.2, -0.15) is 0 Å². The Morgan fingerprint density at radius 1 is 1.24 bits per heavy atom. The van der Waals surface area contributed by atoms with Crippen molar-refractivity contribution in [2.75, 3.05) is 20.6 Å². The molecule has 0 heterocycles. The van der Waals surface area contributed by atoms with Crippen LogP contribution in [-0.4, -0.2) is 31.8 Å². The van der Waals surface area contributed by atoms with Crippen molar-refractivity contribution in [1.29, 1.82) is 0 Å². The first-order valence-corrected chi connectivity index (χ1v) is 7.85. The second kappa shape index (κ2) is 7.82. The Kier molecular flexibility index (Phi) is 5.79. The van der Waals surface area contributed by atoms with Gasteiger partial charge in [0.25, 0.3) is 0 Å². The summed E-state index contributed by atoms with van der Waals surface area (Å²) in [6, 6.07) is 8.72. The molecule has 1 atom stereocenters. The van der Waals surface area contributed by atoms with Gasteiger partial charge in [0.15, 0.2) is 0 Å². The molecule has 0 bridgehead atoms. The highest BCUT2D eigenvalue weighted by Gasteiger charge is 2.20. The lowest BCUT2D eigenvalue weighted by Gasteiger charge is -2.23. The molecule has 0 aliphatic heterocycles. The number of hydrogen-bond acceptors (Lipinski definition) is 2. The van der Waals surface area contributed by atoms with E-state index in [1.165, 1.54) is 29.7 Å². The fourth-order valence-corrected chi connectivity index (χ4v) is 2.68. The Labute approximate surface area is 128 Å². The van der Waals surface area contributed by atoms with E-state index < -0.39 is 0 Å². The Bertz CT molecular complexity index is 538. The van der Waals surface area contributed by atoms with Crippen LogP contribution in [0.1, 0.15) is 36.8 Å². The van der Waals surface area contributed by atoms with Crippen LogP contribution in [0, 0.1) is 0 Å². The highest BCUT2D eigenvalue weighted by Crippen LogP contribution is 2.33. The Hall–Kier alpha value is -1.83. The first-order valence-electron chi connectivity index (χ1n) is 7.85. The van der Waals surface area contributed by atoms with Crippen LogP contribution in [0.3, 0.4) is 0 Å². The van der Waals surface area contributed by atoms with E-state index in [1.807, 2.05) is 0 Å². The third-order valence-corrected chi connectivity index (χ3v) is 3.88. The molecule has 0 radical (unpaired) electrons. The molecule has 1 aromatic rings. The van der Waals surface area contributed by atoms with Crippen LogP contribution < -0.4 is 0 Å². The first-order chi connectivity index (χ1) is 10.2. The summed E-state index contributed by atoms with van der Waals surface area (Å²) >= 11 is 0. The van der Waals surface area contributed by atoms with Crippen LogP contribution >= 0.6 is 0 Å². The van der Waals surface area contributed by atoms with Crippen LogP contribution in [0.4, 0.5) is 0 Å². The standard InChI is InChI=1S/C19H26N2/c1-4-5-14-20-15-13-16-9-6-7-10-17(16)18-11-8-12-19(18)21(2)3/h6-12,15,18H,4-5,13-14H2,1-3H3. The summed E-state index contributed by atoms with van der Waals surface area (Å²) in [5, 5.41) is 0. The van der Waals surface area contributed by atoms with Gasteiger partial charge in [0, 0.05) is 44.9 Å². The smallest absolute Gasteiger partial charge is 0.0425 e. The van der Waals surface area contributed by atoms with Gasteiger partial charge in [0.1, 0.15) is 0 Å². The number of allylic oxidation sites excluding steroid dienone is 3. The number of rotatable bonds is 7. The summed E-state index contributed by atoms with van der Waals surface area (Å²) < 4.78 is 0. The van der Waals surface area contributed by atoms with Gasteiger partial charge in [0.05, 0.1) is 0 Å². The molecule has 1 aliphatic carbocycles. The molecule has 0 amide bonds. The maximum absolute atomic E-state index is 4.51. The van der Waals surface area contributed by atoms with Crippen molar-refractivity contribution in [2.45, 2.75) is 32.1 Å². The number of benzene rings is 1. The molecule has 0 N–H and O–H groups in total. The van der Waals surface area contributed by atoms with Gasteiger partial charge < -0.3 is 4.90 Å². The second-order valence-electron chi connectivity index (χ2n) is 5.69. The zero-order valence-corrected chi connectivity index (χ0v) is 13.4. The maximum Gasteiger partial charge on any atom is 0.0425 e. The highest BCUT2D eigenvalue weighted by atomic mass is 15.1. The fourth-order valence-electron chi connectivity index (χ4n) is 2.68. The SMILES string of the molecule is CCCCN=CCc1ccccc1C1C=CC=C1N(C)C.